The average molecular weight is 251 g/mol. The second-order valence-corrected chi connectivity index (χ2v) is 4.86. The Bertz CT molecular complexity index is 364. The van der Waals surface area contributed by atoms with Crippen LogP contribution < -0.4 is 10.1 Å². The zero-order valence-electron chi connectivity index (χ0n) is 11.9. The Morgan fingerprint density at radius 3 is 2.56 bits per heavy atom. The van der Waals surface area contributed by atoms with Gasteiger partial charge < -0.3 is 15.2 Å². The van der Waals surface area contributed by atoms with Crippen LogP contribution in [0.15, 0.2) is 18.2 Å². The van der Waals surface area contributed by atoms with Crippen molar-refractivity contribution in [1.82, 2.24) is 5.32 Å². The van der Waals surface area contributed by atoms with Crippen LogP contribution in [0.5, 0.6) is 5.75 Å². The summed E-state index contributed by atoms with van der Waals surface area (Å²) in [6.45, 7) is 4.60. The van der Waals surface area contributed by atoms with Gasteiger partial charge in [0.1, 0.15) is 5.75 Å². The molecule has 0 saturated heterocycles. The van der Waals surface area contributed by atoms with E-state index in [9.17, 15) is 0 Å². The molecule has 1 unspecified atom stereocenters. The Hall–Kier alpha value is -1.06. The van der Waals surface area contributed by atoms with Crippen molar-refractivity contribution in [1.29, 1.82) is 0 Å². The van der Waals surface area contributed by atoms with Crippen LogP contribution in [-0.4, -0.2) is 25.9 Å². The maximum atomic E-state index is 8.97. The molecule has 102 valence electrons. The average Bonchev–Trinajstić information content (AvgIpc) is 2.39. The van der Waals surface area contributed by atoms with Gasteiger partial charge in [-0.2, -0.15) is 0 Å². The number of rotatable bonds is 7. The maximum absolute atomic E-state index is 8.97. The standard InChI is InChI=1S/C15H25NO2/c1-11(2)12-7-8-15(18-4)13(10-12)14(16-3)6-5-9-17/h7-8,10-11,14,16-17H,5-6,9H2,1-4H3. The molecule has 3 nitrogen and oxygen atoms in total. The number of aliphatic hydroxyl groups excluding tert-OH is 1. The lowest BCUT2D eigenvalue weighted by atomic mass is 9.95. The Kier molecular flexibility index (Phi) is 6.16. The number of ether oxygens (including phenoxy) is 1. The monoisotopic (exact) mass is 251 g/mol. The van der Waals surface area contributed by atoms with Gasteiger partial charge in [-0.05, 0) is 37.4 Å². The molecule has 0 bridgehead atoms. The van der Waals surface area contributed by atoms with E-state index in [1.165, 1.54) is 11.1 Å². The Balaban J connectivity index is 3.04. The molecule has 1 atom stereocenters. The van der Waals surface area contributed by atoms with Crippen LogP contribution in [0.3, 0.4) is 0 Å². The van der Waals surface area contributed by atoms with E-state index in [0.717, 1.165) is 18.6 Å². The molecule has 0 saturated carbocycles. The van der Waals surface area contributed by atoms with E-state index >= 15 is 0 Å². The van der Waals surface area contributed by atoms with E-state index in [2.05, 4.69) is 31.3 Å². The Labute approximate surface area is 110 Å². The van der Waals surface area contributed by atoms with Crippen molar-refractivity contribution in [2.75, 3.05) is 20.8 Å². The van der Waals surface area contributed by atoms with Crippen molar-refractivity contribution in [3.8, 4) is 5.75 Å². The van der Waals surface area contributed by atoms with E-state index in [1.54, 1.807) is 7.11 Å². The third-order valence-corrected chi connectivity index (χ3v) is 3.30. The minimum absolute atomic E-state index is 0.227. The van der Waals surface area contributed by atoms with Gasteiger partial charge in [0.25, 0.3) is 0 Å². The van der Waals surface area contributed by atoms with Gasteiger partial charge in [0.05, 0.1) is 7.11 Å². The summed E-state index contributed by atoms with van der Waals surface area (Å²) in [5, 5.41) is 12.3. The molecule has 0 fully saturated rings. The number of benzene rings is 1. The molecule has 0 aliphatic rings. The van der Waals surface area contributed by atoms with Crippen LogP contribution in [0, 0.1) is 0 Å². The molecule has 0 heterocycles. The third-order valence-electron chi connectivity index (χ3n) is 3.30. The first-order valence-corrected chi connectivity index (χ1v) is 6.60. The summed E-state index contributed by atoms with van der Waals surface area (Å²) >= 11 is 0. The molecule has 2 N–H and O–H groups in total. The fourth-order valence-electron chi connectivity index (χ4n) is 2.14. The molecule has 1 aromatic carbocycles. The number of hydrogen-bond donors (Lipinski definition) is 2. The van der Waals surface area contributed by atoms with Crippen LogP contribution in [0.1, 0.15) is 49.8 Å². The predicted octanol–water partition coefficient (Wildman–Crippen LogP) is 2.85. The van der Waals surface area contributed by atoms with Crippen molar-refractivity contribution < 1.29 is 9.84 Å². The lowest BCUT2D eigenvalue weighted by Crippen LogP contribution is -2.18. The highest BCUT2D eigenvalue weighted by Crippen LogP contribution is 2.31. The highest BCUT2D eigenvalue weighted by molar-refractivity contribution is 5.40. The molecule has 1 aromatic rings. The summed E-state index contributed by atoms with van der Waals surface area (Å²) in [6.07, 6.45) is 1.70. The molecule has 0 aliphatic carbocycles. The molecule has 0 amide bonds. The van der Waals surface area contributed by atoms with Crippen LogP contribution in [-0.2, 0) is 0 Å². The number of nitrogens with one attached hydrogen (secondary N) is 1. The minimum atomic E-state index is 0.227. The molecule has 0 aliphatic heterocycles. The second-order valence-electron chi connectivity index (χ2n) is 4.86. The summed E-state index contributed by atoms with van der Waals surface area (Å²) in [7, 11) is 3.65. The summed E-state index contributed by atoms with van der Waals surface area (Å²) < 4.78 is 5.44. The lowest BCUT2D eigenvalue weighted by Gasteiger charge is -2.21. The summed E-state index contributed by atoms with van der Waals surface area (Å²) in [6, 6.07) is 6.59. The first-order chi connectivity index (χ1) is 8.63. The Morgan fingerprint density at radius 1 is 1.33 bits per heavy atom. The van der Waals surface area contributed by atoms with Gasteiger partial charge in [-0.15, -0.1) is 0 Å². The molecular weight excluding hydrogens is 226 g/mol. The highest BCUT2D eigenvalue weighted by atomic mass is 16.5. The van der Waals surface area contributed by atoms with Gasteiger partial charge in [-0.3, -0.25) is 0 Å². The lowest BCUT2D eigenvalue weighted by molar-refractivity contribution is 0.275. The van der Waals surface area contributed by atoms with Crippen LogP contribution in [0.25, 0.3) is 0 Å². The van der Waals surface area contributed by atoms with E-state index in [-0.39, 0.29) is 12.6 Å². The van der Waals surface area contributed by atoms with E-state index in [4.69, 9.17) is 9.84 Å². The van der Waals surface area contributed by atoms with Gasteiger partial charge in [0, 0.05) is 18.2 Å². The fourth-order valence-corrected chi connectivity index (χ4v) is 2.14. The summed E-state index contributed by atoms with van der Waals surface area (Å²) in [5.41, 5.74) is 2.50. The molecule has 0 spiro atoms. The van der Waals surface area contributed by atoms with Crippen LogP contribution in [0.4, 0.5) is 0 Å². The van der Waals surface area contributed by atoms with Crippen molar-refractivity contribution >= 4 is 0 Å². The predicted molar refractivity (Wildman–Crippen MR) is 75.2 cm³/mol. The van der Waals surface area contributed by atoms with Gasteiger partial charge in [-0.25, -0.2) is 0 Å². The second kappa shape index (κ2) is 7.39. The zero-order valence-corrected chi connectivity index (χ0v) is 11.9. The smallest absolute Gasteiger partial charge is 0.123 e. The van der Waals surface area contributed by atoms with Gasteiger partial charge in [-0.1, -0.05) is 26.0 Å². The van der Waals surface area contributed by atoms with Crippen LogP contribution >= 0.6 is 0 Å². The van der Waals surface area contributed by atoms with Crippen molar-refractivity contribution in [3.05, 3.63) is 29.3 Å². The number of aliphatic hydroxyl groups is 1. The first kappa shape index (κ1) is 15.0. The Morgan fingerprint density at radius 2 is 2.06 bits per heavy atom. The van der Waals surface area contributed by atoms with Crippen molar-refractivity contribution in [3.63, 3.8) is 0 Å². The third kappa shape index (κ3) is 3.72. The summed E-state index contributed by atoms with van der Waals surface area (Å²) in [4.78, 5) is 0. The SMILES string of the molecule is CNC(CCCO)c1cc(C(C)C)ccc1OC. The van der Waals surface area contributed by atoms with E-state index in [0.29, 0.717) is 5.92 Å². The molecule has 0 aromatic heterocycles. The first-order valence-electron chi connectivity index (χ1n) is 6.60. The molecule has 3 heteroatoms. The normalized spacial score (nSPS) is 12.8. The largest absolute Gasteiger partial charge is 0.496 e. The summed E-state index contributed by atoms with van der Waals surface area (Å²) in [5.74, 6) is 1.42. The number of methoxy groups -OCH3 is 1. The molecule has 18 heavy (non-hydrogen) atoms. The van der Waals surface area contributed by atoms with Gasteiger partial charge in [0.2, 0.25) is 0 Å². The van der Waals surface area contributed by atoms with Crippen molar-refractivity contribution in [2.24, 2.45) is 0 Å². The van der Waals surface area contributed by atoms with E-state index < -0.39 is 0 Å². The van der Waals surface area contributed by atoms with Gasteiger partial charge >= 0.3 is 0 Å². The zero-order chi connectivity index (χ0) is 13.5. The molecule has 0 radical (unpaired) electrons. The van der Waals surface area contributed by atoms with Gasteiger partial charge in [0.15, 0.2) is 0 Å². The van der Waals surface area contributed by atoms with Crippen molar-refractivity contribution in [2.45, 2.75) is 38.6 Å². The highest BCUT2D eigenvalue weighted by Gasteiger charge is 2.15. The molecule has 1 rings (SSSR count). The topological polar surface area (TPSA) is 41.5 Å². The molecular formula is C15H25NO2. The minimum Gasteiger partial charge on any atom is -0.496 e. The van der Waals surface area contributed by atoms with E-state index in [1.807, 2.05) is 13.1 Å². The fraction of sp³-hybridized carbons (Fsp3) is 0.600. The quantitative estimate of drug-likeness (QED) is 0.783. The van der Waals surface area contributed by atoms with Crippen LogP contribution in [0.2, 0.25) is 0 Å². The maximum Gasteiger partial charge on any atom is 0.123 e. The number of hydrogen-bond acceptors (Lipinski definition) is 3.